The summed E-state index contributed by atoms with van der Waals surface area (Å²) in [5.41, 5.74) is 6.23. The van der Waals surface area contributed by atoms with Crippen LogP contribution in [0.2, 0.25) is 0 Å². The molecule has 0 spiro atoms. The zero-order valence-corrected chi connectivity index (χ0v) is 15.8. The van der Waals surface area contributed by atoms with Crippen LogP contribution in [0.25, 0.3) is 0 Å². The van der Waals surface area contributed by atoms with Gasteiger partial charge >= 0.3 is 0 Å². The van der Waals surface area contributed by atoms with Crippen molar-refractivity contribution in [2.75, 3.05) is 0 Å². The van der Waals surface area contributed by atoms with E-state index >= 15 is 0 Å². The van der Waals surface area contributed by atoms with Crippen molar-refractivity contribution in [1.29, 1.82) is 0 Å². The molecule has 0 fully saturated rings. The van der Waals surface area contributed by atoms with Crippen molar-refractivity contribution in [2.45, 2.75) is 84.2 Å². The largest absolute Gasteiger partial charge is 0.369 e. The lowest BCUT2D eigenvalue weighted by atomic mass is 9.86. The van der Waals surface area contributed by atoms with E-state index in [1.54, 1.807) is 13.0 Å². The maximum absolute atomic E-state index is 12.1. The fourth-order valence-electron chi connectivity index (χ4n) is 2.92. The molecular weight excluding hydrogens is 322 g/mol. The first-order chi connectivity index (χ1) is 11.7. The monoisotopic (exact) mass is 353 g/mol. The van der Waals surface area contributed by atoms with Gasteiger partial charge in [-0.2, -0.15) is 0 Å². The van der Waals surface area contributed by atoms with E-state index in [1.807, 2.05) is 13.8 Å². The second-order valence-electron chi connectivity index (χ2n) is 6.62. The topological polar surface area (TPSA) is 111 Å². The van der Waals surface area contributed by atoms with Crippen molar-refractivity contribution < 1.29 is 19.1 Å². The smallest absolute Gasteiger partial charge is 0.236 e. The van der Waals surface area contributed by atoms with Crippen LogP contribution in [-0.2, 0) is 19.1 Å². The molecule has 0 heterocycles. The van der Waals surface area contributed by atoms with Crippen molar-refractivity contribution in [2.24, 2.45) is 5.73 Å². The maximum atomic E-state index is 12.1. The molecule has 2 amide bonds. The van der Waals surface area contributed by atoms with E-state index in [4.69, 9.17) is 10.5 Å². The molecule has 4 atom stereocenters. The number of carbonyl (C=O) groups is 3. The van der Waals surface area contributed by atoms with E-state index in [0.29, 0.717) is 12.0 Å². The van der Waals surface area contributed by atoms with Gasteiger partial charge in [0.2, 0.25) is 11.8 Å². The molecule has 0 radical (unpaired) electrons. The van der Waals surface area contributed by atoms with E-state index in [1.165, 1.54) is 13.8 Å². The van der Waals surface area contributed by atoms with Crippen LogP contribution in [0.1, 0.15) is 53.9 Å². The van der Waals surface area contributed by atoms with E-state index in [0.717, 1.165) is 12.8 Å². The summed E-state index contributed by atoms with van der Waals surface area (Å²) in [5, 5.41) is 5.71. The molecule has 1 aliphatic rings. The molecule has 0 aromatic carbocycles. The first-order valence-electron chi connectivity index (χ1n) is 8.89. The summed E-state index contributed by atoms with van der Waals surface area (Å²) < 4.78 is 6.13. The predicted molar refractivity (Wildman–Crippen MR) is 95.8 cm³/mol. The van der Waals surface area contributed by atoms with Gasteiger partial charge in [-0.3, -0.25) is 14.4 Å². The SMILES string of the molecule is CCC(CC)O[C@@H]1C=C(C(C)=O)C[C@H](NC(=O)C(C)N)[C@H]1NC(C)=O. The van der Waals surface area contributed by atoms with Crippen LogP contribution in [0.3, 0.4) is 0 Å². The Morgan fingerprint density at radius 3 is 2.28 bits per heavy atom. The first kappa shape index (κ1) is 21.3. The van der Waals surface area contributed by atoms with Gasteiger partial charge in [0.15, 0.2) is 5.78 Å². The van der Waals surface area contributed by atoms with Crippen molar-refractivity contribution in [1.82, 2.24) is 10.6 Å². The number of amides is 2. The standard InChI is InChI=1S/C18H31N3O4/c1-6-14(7-2)25-16-9-13(11(4)22)8-15(17(16)20-12(5)23)21-18(24)10(3)19/h9-10,14-17H,6-8,19H2,1-5H3,(H,20,23)(H,21,24)/t10?,15-,16+,17+/m0/s1. The fraction of sp³-hybridized carbons (Fsp3) is 0.722. The van der Waals surface area contributed by atoms with Crippen LogP contribution in [-0.4, -0.2) is 47.9 Å². The number of hydrogen-bond donors (Lipinski definition) is 3. The molecule has 142 valence electrons. The van der Waals surface area contributed by atoms with Crippen molar-refractivity contribution in [3.63, 3.8) is 0 Å². The van der Waals surface area contributed by atoms with Crippen LogP contribution in [0, 0.1) is 0 Å². The molecule has 25 heavy (non-hydrogen) atoms. The molecule has 7 heteroatoms. The molecule has 1 aliphatic carbocycles. The molecule has 7 nitrogen and oxygen atoms in total. The van der Waals surface area contributed by atoms with Gasteiger partial charge in [0, 0.05) is 6.92 Å². The van der Waals surface area contributed by atoms with Gasteiger partial charge in [-0.25, -0.2) is 0 Å². The summed E-state index contributed by atoms with van der Waals surface area (Å²) >= 11 is 0. The first-order valence-corrected chi connectivity index (χ1v) is 8.89. The average Bonchev–Trinajstić information content (AvgIpc) is 2.53. The molecule has 1 unspecified atom stereocenters. The number of rotatable bonds is 8. The highest BCUT2D eigenvalue weighted by molar-refractivity contribution is 5.94. The molecule has 0 saturated heterocycles. The third-order valence-corrected chi connectivity index (χ3v) is 4.42. The lowest BCUT2D eigenvalue weighted by molar-refractivity contribution is -0.126. The number of Topliss-reactive ketones (excluding diaryl/α,β-unsaturated/α-hetero) is 1. The highest BCUT2D eigenvalue weighted by Gasteiger charge is 2.37. The van der Waals surface area contributed by atoms with Gasteiger partial charge < -0.3 is 21.1 Å². The Morgan fingerprint density at radius 1 is 1.24 bits per heavy atom. The van der Waals surface area contributed by atoms with E-state index in [-0.39, 0.29) is 23.7 Å². The minimum Gasteiger partial charge on any atom is -0.369 e. The summed E-state index contributed by atoms with van der Waals surface area (Å²) in [6.45, 7) is 8.54. The van der Waals surface area contributed by atoms with E-state index in [2.05, 4.69) is 10.6 Å². The molecule has 0 aromatic heterocycles. The minimum atomic E-state index is -0.678. The van der Waals surface area contributed by atoms with Crippen LogP contribution in [0.4, 0.5) is 0 Å². The minimum absolute atomic E-state index is 0.00796. The van der Waals surface area contributed by atoms with Gasteiger partial charge in [-0.1, -0.05) is 13.8 Å². The van der Waals surface area contributed by atoms with Crippen LogP contribution in [0.15, 0.2) is 11.6 Å². The Labute approximate surface area is 149 Å². The fourth-order valence-corrected chi connectivity index (χ4v) is 2.92. The highest BCUT2D eigenvalue weighted by Crippen LogP contribution is 2.25. The maximum Gasteiger partial charge on any atom is 0.236 e. The lowest BCUT2D eigenvalue weighted by Gasteiger charge is -2.39. The molecule has 0 aromatic rings. The summed E-state index contributed by atoms with van der Waals surface area (Å²) in [6.07, 6.45) is 3.27. The van der Waals surface area contributed by atoms with Crippen LogP contribution >= 0.6 is 0 Å². The summed E-state index contributed by atoms with van der Waals surface area (Å²) in [6, 6.07) is -1.59. The van der Waals surface area contributed by atoms with Crippen molar-refractivity contribution in [3.8, 4) is 0 Å². The van der Waals surface area contributed by atoms with Crippen LogP contribution < -0.4 is 16.4 Å². The van der Waals surface area contributed by atoms with E-state index < -0.39 is 24.2 Å². The number of hydrogen-bond acceptors (Lipinski definition) is 5. The Morgan fingerprint density at radius 2 is 1.84 bits per heavy atom. The summed E-state index contributed by atoms with van der Waals surface area (Å²) in [5.74, 6) is -0.617. The second-order valence-corrected chi connectivity index (χ2v) is 6.62. The summed E-state index contributed by atoms with van der Waals surface area (Å²) in [7, 11) is 0. The lowest BCUT2D eigenvalue weighted by Crippen LogP contribution is -2.60. The predicted octanol–water partition coefficient (Wildman–Crippen LogP) is 0.816. The molecule has 0 saturated carbocycles. The summed E-state index contributed by atoms with van der Waals surface area (Å²) in [4.78, 5) is 35.7. The number of nitrogens with one attached hydrogen (secondary N) is 2. The second kappa shape index (κ2) is 9.68. The third kappa shape index (κ3) is 6.25. The molecule has 4 N–H and O–H groups in total. The van der Waals surface area contributed by atoms with Crippen molar-refractivity contribution in [3.05, 3.63) is 11.6 Å². The average molecular weight is 353 g/mol. The highest BCUT2D eigenvalue weighted by atomic mass is 16.5. The Kier molecular flexibility index (Phi) is 8.25. The van der Waals surface area contributed by atoms with E-state index in [9.17, 15) is 14.4 Å². The molecule has 0 bridgehead atoms. The number of carbonyl (C=O) groups excluding carboxylic acids is 3. The quantitative estimate of drug-likeness (QED) is 0.598. The Hall–Kier alpha value is -1.73. The number of ketones is 1. The van der Waals surface area contributed by atoms with Crippen molar-refractivity contribution >= 4 is 17.6 Å². The van der Waals surface area contributed by atoms with Gasteiger partial charge in [0.1, 0.15) is 0 Å². The zero-order chi connectivity index (χ0) is 19.1. The van der Waals surface area contributed by atoms with Gasteiger partial charge in [0.05, 0.1) is 30.3 Å². The molecule has 1 rings (SSSR count). The van der Waals surface area contributed by atoms with Gasteiger partial charge in [-0.15, -0.1) is 0 Å². The zero-order valence-electron chi connectivity index (χ0n) is 15.8. The third-order valence-electron chi connectivity index (χ3n) is 4.42. The van der Waals surface area contributed by atoms with Crippen LogP contribution in [0.5, 0.6) is 0 Å². The Bertz CT molecular complexity index is 526. The van der Waals surface area contributed by atoms with Gasteiger partial charge in [0.25, 0.3) is 0 Å². The molecule has 0 aliphatic heterocycles. The van der Waals surface area contributed by atoms with Gasteiger partial charge in [-0.05, 0) is 44.8 Å². The Balaban J connectivity index is 3.16. The normalized spacial score (nSPS) is 24.4. The number of ether oxygens (including phenoxy) is 1. The molecular formula is C18H31N3O4. The number of nitrogens with two attached hydrogens (primary N) is 1.